The largest absolute Gasteiger partial charge is 0.506 e. The van der Waals surface area contributed by atoms with Gasteiger partial charge in [0.2, 0.25) is 0 Å². The average Bonchev–Trinajstić information content (AvgIpc) is 2.09. The van der Waals surface area contributed by atoms with Crippen molar-refractivity contribution in [3.63, 3.8) is 0 Å². The van der Waals surface area contributed by atoms with Gasteiger partial charge in [0.15, 0.2) is 0 Å². The maximum atomic E-state index is 10.5. The number of allylic oxidation sites excluding steroid dienone is 3. The van der Waals surface area contributed by atoms with Crippen LogP contribution in [0.4, 0.5) is 4.79 Å². The van der Waals surface area contributed by atoms with E-state index in [1.165, 1.54) is 0 Å². The zero-order chi connectivity index (χ0) is 10.6. The van der Waals surface area contributed by atoms with Gasteiger partial charge in [-0.05, 0) is 19.9 Å². The maximum absolute atomic E-state index is 10.5. The van der Waals surface area contributed by atoms with E-state index in [4.69, 9.17) is 9.84 Å². The fourth-order valence-corrected chi connectivity index (χ4v) is 1.51. The average molecular weight is 194 g/mol. The summed E-state index contributed by atoms with van der Waals surface area (Å²) in [6.45, 7) is 3.83. The molecule has 0 aromatic heterocycles. The molecule has 1 N–H and O–H groups in total. The third-order valence-corrected chi connectivity index (χ3v) is 2.22. The molecule has 0 heterocycles. The smallest absolute Gasteiger partial charge is 0.450 e. The van der Waals surface area contributed by atoms with E-state index in [9.17, 15) is 4.79 Å². The highest BCUT2D eigenvalue weighted by Crippen LogP contribution is 2.31. The van der Waals surface area contributed by atoms with Gasteiger partial charge in [-0.15, -0.1) is 0 Å². The van der Waals surface area contributed by atoms with Crippen molar-refractivity contribution in [1.82, 2.24) is 0 Å². The quantitative estimate of drug-likeness (QED) is 0.543. The van der Waals surface area contributed by atoms with Gasteiger partial charge < -0.3 is 9.84 Å². The molecule has 3 nitrogen and oxygen atoms in total. The van der Waals surface area contributed by atoms with Gasteiger partial charge in [0.1, 0.15) is 6.10 Å². The van der Waals surface area contributed by atoms with Crippen molar-refractivity contribution in [2.24, 2.45) is 5.41 Å². The summed E-state index contributed by atoms with van der Waals surface area (Å²) in [5.74, 6) is 0. The van der Waals surface area contributed by atoms with Crippen molar-refractivity contribution in [3.8, 4) is 0 Å². The molecule has 0 aliphatic heterocycles. The summed E-state index contributed by atoms with van der Waals surface area (Å²) < 4.78 is 4.79. The first kappa shape index (κ1) is 10.6. The predicted molar refractivity (Wildman–Crippen MR) is 54.1 cm³/mol. The Kier molecular flexibility index (Phi) is 3.12. The number of hydrogen-bond acceptors (Lipinski definition) is 2. The fourth-order valence-electron chi connectivity index (χ4n) is 1.51. The highest BCUT2D eigenvalue weighted by atomic mass is 16.7. The topological polar surface area (TPSA) is 46.5 Å². The van der Waals surface area contributed by atoms with Crippen molar-refractivity contribution >= 4 is 6.16 Å². The van der Waals surface area contributed by atoms with Crippen molar-refractivity contribution in [1.29, 1.82) is 0 Å². The Labute approximate surface area is 83.4 Å². The van der Waals surface area contributed by atoms with Gasteiger partial charge in [-0.3, -0.25) is 0 Å². The molecular weight excluding hydrogens is 180 g/mol. The van der Waals surface area contributed by atoms with Gasteiger partial charge in [-0.1, -0.05) is 30.4 Å². The van der Waals surface area contributed by atoms with E-state index in [2.05, 4.69) is 0 Å². The minimum atomic E-state index is -1.24. The zero-order valence-corrected chi connectivity index (χ0v) is 8.31. The molecule has 0 fully saturated rings. The van der Waals surface area contributed by atoms with Gasteiger partial charge in [0.05, 0.1) is 0 Å². The molecule has 2 atom stereocenters. The number of hydrogen-bond donors (Lipinski definition) is 1. The summed E-state index contributed by atoms with van der Waals surface area (Å²) in [6.07, 6.45) is 9.49. The highest BCUT2D eigenvalue weighted by molar-refractivity contribution is 5.58. The summed E-state index contributed by atoms with van der Waals surface area (Å²) in [7, 11) is 0. The number of carboxylic acid groups (broad SMARTS) is 1. The molecule has 1 aliphatic rings. The molecule has 0 aromatic carbocycles. The molecule has 0 saturated heterocycles. The van der Waals surface area contributed by atoms with Crippen molar-refractivity contribution in [2.45, 2.75) is 20.0 Å². The van der Waals surface area contributed by atoms with Crippen molar-refractivity contribution < 1.29 is 14.6 Å². The molecule has 0 saturated carbocycles. The van der Waals surface area contributed by atoms with Gasteiger partial charge in [0, 0.05) is 5.41 Å². The van der Waals surface area contributed by atoms with Crippen LogP contribution in [0.5, 0.6) is 0 Å². The number of rotatable bonds is 2. The van der Waals surface area contributed by atoms with E-state index in [1.807, 2.05) is 38.2 Å². The molecule has 76 valence electrons. The Morgan fingerprint density at radius 2 is 2.29 bits per heavy atom. The molecule has 1 rings (SSSR count). The molecule has 1 aliphatic carbocycles. The lowest BCUT2D eigenvalue weighted by Gasteiger charge is -2.30. The first-order valence-electron chi connectivity index (χ1n) is 4.48. The second kappa shape index (κ2) is 4.13. The Bertz CT molecular complexity index is 302. The van der Waals surface area contributed by atoms with Gasteiger partial charge in [-0.2, -0.15) is 0 Å². The van der Waals surface area contributed by atoms with E-state index < -0.39 is 12.3 Å². The molecule has 3 heteroatoms. The van der Waals surface area contributed by atoms with Crippen LogP contribution in [0.25, 0.3) is 0 Å². The van der Waals surface area contributed by atoms with Crippen molar-refractivity contribution in [2.75, 3.05) is 0 Å². The van der Waals surface area contributed by atoms with Crippen LogP contribution < -0.4 is 0 Å². The Morgan fingerprint density at radius 3 is 2.86 bits per heavy atom. The second-order valence-electron chi connectivity index (χ2n) is 3.41. The normalized spacial score (nSPS) is 30.9. The maximum Gasteiger partial charge on any atom is 0.506 e. The molecular formula is C11H14O3. The predicted octanol–water partition coefficient (Wildman–Crippen LogP) is 2.76. The van der Waals surface area contributed by atoms with Crippen LogP contribution in [0.1, 0.15) is 13.8 Å². The van der Waals surface area contributed by atoms with E-state index in [1.54, 1.807) is 12.2 Å². The molecule has 2 unspecified atom stereocenters. The first-order valence-corrected chi connectivity index (χ1v) is 4.48. The summed E-state index contributed by atoms with van der Waals surface area (Å²) >= 11 is 0. The standard InChI is InChI=1S/C11H14O3/c1-3-7-11(2)8-5-4-6-9(11)14-10(12)13/h3-9H,1-2H3,(H,12,13). The van der Waals surface area contributed by atoms with Crippen LogP contribution in [0.15, 0.2) is 36.5 Å². The molecule has 0 spiro atoms. The molecule has 0 bridgehead atoms. The third kappa shape index (κ3) is 2.25. The Morgan fingerprint density at radius 1 is 1.57 bits per heavy atom. The van der Waals surface area contributed by atoms with Gasteiger partial charge in [-0.25, -0.2) is 4.79 Å². The van der Waals surface area contributed by atoms with E-state index in [-0.39, 0.29) is 5.41 Å². The van der Waals surface area contributed by atoms with Crippen LogP contribution in [0.3, 0.4) is 0 Å². The summed E-state index contributed by atoms with van der Waals surface area (Å²) in [5.41, 5.74) is -0.373. The van der Waals surface area contributed by atoms with Gasteiger partial charge in [0.25, 0.3) is 0 Å². The molecule has 0 radical (unpaired) electrons. The number of ether oxygens (including phenoxy) is 1. The highest BCUT2D eigenvalue weighted by Gasteiger charge is 2.31. The molecule has 0 aromatic rings. The second-order valence-corrected chi connectivity index (χ2v) is 3.41. The summed E-state index contributed by atoms with van der Waals surface area (Å²) in [4.78, 5) is 10.5. The van der Waals surface area contributed by atoms with Crippen molar-refractivity contribution in [3.05, 3.63) is 36.5 Å². The van der Waals surface area contributed by atoms with E-state index >= 15 is 0 Å². The minimum Gasteiger partial charge on any atom is -0.450 e. The van der Waals surface area contributed by atoms with E-state index in [0.717, 1.165) is 0 Å². The summed E-state index contributed by atoms with van der Waals surface area (Å²) in [6, 6.07) is 0. The Balaban J connectivity index is 2.86. The van der Waals surface area contributed by atoms with Crippen LogP contribution in [-0.4, -0.2) is 17.4 Å². The fraction of sp³-hybridized carbons (Fsp3) is 0.364. The minimum absolute atomic E-state index is 0.373. The molecule has 0 amide bonds. The lowest BCUT2D eigenvalue weighted by atomic mass is 9.81. The van der Waals surface area contributed by atoms with Crippen LogP contribution in [-0.2, 0) is 4.74 Å². The summed E-state index contributed by atoms with van der Waals surface area (Å²) in [5, 5.41) is 8.56. The lowest BCUT2D eigenvalue weighted by molar-refractivity contribution is 0.0414. The van der Waals surface area contributed by atoms with Crippen LogP contribution in [0.2, 0.25) is 0 Å². The SMILES string of the molecule is CC=CC1(C)C=CC=CC1OC(=O)O. The molecule has 14 heavy (non-hydrogen) atoms. The van der Waals surface area contributed by atoms with Crippen LogP contribution in [0, 0.1) is 5.41 Å². The zero-order valence-electron chi connectivity index (χ0n) is 8.31. The van der Waals surface area contributed by atoms with Gasteiger partial charge >= 0.3 is 6.16 Å². The third-order valence-electron chi connectivity index (χ3n) is 2.22. The monoisotopic (exact) mass is 194 g/mol. The van der Waals surface area contributed by atoms with E-state index in [0.29, 0.717) is 0 Å². The lowest BCUT2D eigenvalue weighted by Crippen LogP contribution is -2.32. The number of carbonyl (C=O) groups is 1. The first-order chi connectivity index (χ1) is 6.58. The van der Waals surface area contributed by atoms with Crippen LogP contribution >= 0.6 is 0 Å². The Hall–Kier alpha value is -1.51.